The molecule has 1 heterocycles. The SMILES string of the molecule is CC1CN(CC(=O)c2ccc([N+](=O)[O-])cc2)CCN1C. The van der Waals surface area contributed by atoms with Crippen molar-refractivity contribution in [3.8, 4) is 0 Å². The van der Waals surface area contributed by atoms with E-state index in [9.17, 15) is 14.9 Å². The lowest BCUT2D eigenvalue weighted by molar-refractivity contribution is -0.384. The Morgan fingerprint density at radius 1 is 1.35 bits per heavy atom. The summed E-state index contributed by atoms with van der Waals surface area (Å²) in [5, 5.41) is 10.6. The summed E-state index contributed by atoms with van der Waals surface area (Å²) < 4.78 is 0. The van der Waals surface area contributed by atoms with Gasteiger partial charge < -0.3 is 4.90 Å². The van der Waals surface area contributed by atoms with Crippen molar-refractivity contribution >= 4 is 11.5 Å². The molecule has 0 spiro atoms. The van der Waals surface area contributed by atoms with Crippen LogP contribution in [0.2, 0.25) is 0 Å². The highest BCUT2D eigenvalue weighted by molar-refractivity contribution is 5.97. The van der Waals surface area contributed by atoms with Crippen LogP contribution in [0.4, 0.5) is 5.69 Å². The zero-order chi connectivity index (χ0) is 14.7. The molecule has 20 heavy (non-hydrogen) atoms. The number of hydrogen-bond acceptors (Lipinski definition) is 5. The normalized spacial score (nSPS) is 20.8. The third kappa shape index (κ3) is 3.40. The summed E-state index contributed by atoms with van der Waals surface area (Å²) in [6.07, 6.45) is 0. The quantitative estimate of drug-likeness (QED) is 0.473. The van der Waals surface area contributed by atoms with E-state index in [1.54, 1.807) is 0 Å². The van der Waals surface area contributed by atoms with Crippen LogP contribution in [0, 0.1) is 10.1 Å². The van der Waals surface area contributed by atoms with Crippen molar-refractivity contribution in [2.75, 3.05) is 33.2 Å². The third-order valence-electron chi connectivity index (χ3n) is 3.81. The second-order valence-corrected chi connectivity index (χ2v) is 5.29. The fraction of sp³-hybridized carbons (Fsp3) is 0.500. The number of piperazine rings is 1. The van der Waals surface area contributed by atoms with Gasteiger partial charge >= 0.3 is 0 Å². The minimum atomic E-state index is -0.462. The fourth-order valence-corrected chi connectivity index (χ4v) is 2.33. The number of carbonyl (C=O) groups excluding carboxylic acids is 1. The molecule has 0 aromatic heterocycles. The van der Waals surface area contributed by atoms with E-state index in [1.165, 1.54) is 24.3 Å². The summed E-state index contributed by atoms with van der Waals surface area (Å²) in [4.78, 5) is 26.7. The van der Waals surface area contributed by atoms with E-state index in [1.807, 2.05) is 0 Å². The maximum atomic E-state index is 12.2. The van der Waals surface area contributed by atoms with Gasteiger partial charge in [-0.3, -0.25) is 19.8 Å². The molecule has 0 saturated carbocycles. The van der Waals surface area contributed by atoms with Crippen LogP contribution in [0.25, 0.3) is 0 Å². The zero-order valence-electron chi connectivity index (χ0n) is 11.8. The molecule has 6 nitrogen and oxygen atoms in total. The summed E-state index contributed by atoms with van der Waals surface area (Å²) in [6.45, 7) is 5.21. The molecule has 1 aliphatic rings. The highest BCUT2D eigenvalue weighted by Gasteiger charge is 2.22. The van der Waals surface area contributed by atoms with Gasteiger partial charge in [0.05, 0.1) is 11.5 Å². The number of Topliss-reactive ketones (excluding diaryl/α,β-unsaturated/α-hetero) is 1. The molecule has 108 valence electrons. The van der Waals surface area contributed by atoms with Crippen molar-refractivity contribution in [1.29, 1.82) is 0 Å². The Labute approximate surface area is 118 Å². The van der Waals surface area contributed by atoms with E-state index in [0.29, 0.717) is 18.2 Å². The van der Waals surface area contributed by atoms with Crippen molar-refractivity contribution in [2.24, 2.45) is 0 Å². The first kappa shape index (κ1) is 14.6. The molecule has 1 atom stereocenters. The highest BCUT2D eigenvalue weighted by Crippen LogP contribution is 2.13. The largest absolute Gasteiger partial charge is 0.301 e. The van der Waals surface area contributed by atoms with Gasteiger partial charge in [-0.05, 0) is 26.1 Å². The Morgan fingerprint density at radius 2 is 2.00 bits per heavy atom. The van der Waals surface area contributed by atoms with Crippen molar-refractivity contribution < 1.29 is 9.72 Å². The number of nitro benzene ring substituents is 1. The summed E-state index contributed by atoms with van der Waals surface area (Å²) in [6, 6.07) is 6.24. The molecule has 0 aliphatic carbocycles. The number of rotatable bonds is 4. The number of nitrogens with zero attached hydrogens (tertiary/aromatic N) is 3. The predicted molar refractivity (Wildman–Crippen MR) is 76.0 cm³/mol. The minimum absolute atomic E-state index is 0.00905. The molecule has 1 unspecified atom stereocenters. The van der Waals surface area contributed by atoms with Crippen molar-refractivity contribution in [2.45, 2.75) is 13.0 Å². The van der Waals surface area contributed by atoms with E-state index < -0.39 is 4.92 Å². The summed E-state index contributed by atoms with van der Waals surface area (Å²) >= 11 is 0. The smallest absolute Gasteiger partial charge is 0.269 e. The van der Waals surface area contributed by atoms with Gasteiger partial charge in [0.2, 0.25) is 0 Å². The first-order chi connectivity index (χ1) is 9.47. The average Bonchev–Trinajstić information content (AvgIpc) is 2.43. The minimum Gasteiger partial charge on any atom is -0.301 e. The number of carbonyl (C=O) groups is 1. The number of hydrogen-bond donors (Lipinski definition) is 0. The molecule has 1 saturated heterocycles. The number of nitro groups is 1. The van der Waals surface area contributed by atoms with Gasteiger partial charge in [0.15, 0.2) is 5.78 Å². The number of non-ortho nitro benzene ring substituents is 1. The van der Waals surface area contributed by atoms with E-state index in [2.05, 4.69) is 23.8 Å². The van der Waals surface area contributed by atoms with Gasteiger partial charge in [-0.1, -0.05) is 0 Å². The predicted octanol–water partition coefficient (Wildman–Crippen LogP) is 1.41. The van der Waals surface area contributed by atoms with E-state index in [4.69, 9.17) is 0 Å². The molecule has 0 amide bonds. The first-order valence-corrected chi connectivity index (χ1v) is 6.67. The van der Waals surface area contributed by atoms with Crippen LogP contribution in [0.1, 0.15) is 17.3 Å². The van der Waals surface area contributed by atoms with Crippen LogP contribution in [-0.2, 0) is 0 Å². The van der Waals surface area contributed by atoms with E-state index >= 15 is 0 Å². The second kappa shape index (κ2) is 6.11. The van der Waals surface area contributed by atoms with E-state index in [-0.39, 0.29) is 11.5 Å². The maximum Gasteiger partial charge on any atom is 0.269 e. The molecule has 1 aliphatic heterocycles. The number of likely N-dealkylation sites (N-methyl/N-ethyl adjacent to an activating group) is 1. The van der Waals surface area contributed by atoms with Crippen molar-refractivity contribution in [3.63, 3.8) is 0 Å². The monoisotopic (exact) mass is 277 g/mol. The molecule has 1 aromatic rings. The molecule has 6 heteroatoms. The summed E-state index contributed by atoms with van der Waals surface area (Å²) in [5.41, 5.74) is 0.539. The lowest BCUT2D eigenvalue weighted by Crippen LogP contribution is -2.51. The number of benzene rings is 1. The molecule has 0 N–H and O–H groups in total. The van der Waals surface area contributed by atoms with Crippen LogP contribution in [0.3, 0.4) is 0 Å². The van der Waals surface area contributed by atoms with Gasteiger partial charge in [0.1, 0.15) is 0 Å². The molecule has 2 rings (SSSR count). The Morgan fingerprint density at radius 3 is 2.55 bits per heavy atom. The lowest BCUT2D eigenvalue weighted by Gasteiger charge is -2.37. The fourth-order valence-electron chi connectivity index (χ4n) is 2.33. The average molecular weight is 277 g/mol. The molecule has 0 bridgehead atoms. The van der Waals surface area contributed by atoms with Crippen molar-refractivity contribution in [3.05, 3.63) is 39.9 Å². The van der Waals surface area contributed by atoms with Crippen molar-refractivity contribution in [1.82, 2.24) is 9.80 Å². The maximum absolute atomic E-state index is 12.2. The summed E-state index contributed by atoms with van der Waals surface area (Å²) in [7, 11) is 2.08. The van der Waals surface area contributed by atoms with Crippen LogP contribution in [0.5, 0.6) is 0 Å². The van der Waals surface area contributed by atoms with E-state index in [0.717, 1.165) is 19.6 Å². The highest BCUT2D eigenvalue weighted by atomic mass is 16.6. The molecular formula is C14H19N3O3. The van der Waals surface area contributed by atoms with Gasteiger partial charge in [0, 0.05) is 43.4 Å². The Hall–Kier alpha value is -1.79. The van der Waals surface area contributed by atoms with Gasteiger partial charge in [-0.25, -0.2) is 0 Å². The lowest BCUT2D eigenvalue weighted by atomic mass is 10.1. The second-order valence-electron chi connectivity index (χ2n) is 5.29. The number of ketones is 1. The van der Waals surface area contributed by atoms with Gasteiger partial charge in [0.25, 0.3) is 5.69 Å². The standard InChI is InChI=1S/C14H19N3O3/c1-11-9-16(8-7-15(11)2)10-14(18)12-3-5-13(6-4-12)17(19)20/h3-6,11H,7-10H2,1-2H3. The van der Waals surface area contributed by atoms with Crippen LogP contribution in [-0.4, -0.2) is 59.8 Å². The Bertz CT molecular complexity index is 501. The molecular weight excluding hydrogens is 258 g/mol. The third-order valence-corrected chi connectivity index (χ3v) is 3.81. The van der Waals surface area contributed by atoms with Crippen LogP contribution in [0.15, 0.2) is 24.3 Å². The summed E-state index contributed by atoms with van der Waals surface area (Å²) in [5.74, 6) is 0.0108. The molecule has 1 fully saturated rings. The Balaban J connectivity index is 1.96. The molecule has 0 radical (unpaired) electrons. The van der Waals surface area contributed by atoms with Crippen LogP contribution < -0.4 is 0 Å². The first-order valence-electron chi connectivity index (χ1n) is 6.67. The molecule has 1 aromatic carbocycles. The Kier molecular flexibility index (Phi) is 4.46. The van der Waals surface area contributed by atoms with Crippen LogP contribution >= 0.6 is 0 Å². The topological polar surface area (TPSA) is 66.7 Å². The van der Waals surface area contributed by atoms with Gasteiger partial charge in [-0.2, -0.15) is 0 Å². The zero-order valence-corrected chi connectivity index (χ0v) is 11.8. The van der Waals surface area contributed by atoms with Gasteiger partial charge in [-0.15, -0.1) is 0 Å².